The van der Waals surface area contributed by atoms with Crippen molar-refractivity contribution in [3.8, 4) is 11.3 Å². The first-order valence-corrected chi connectivity index (χ1v) is 6.63. The minimum Gasteiger partial charge on any atom is -0.439 e. The van der Waals surface area contributed by atoms with Crippen molar-refractivity contribution < 1.29 is 9.52 Å². The average molecular weight is 260 g/mol. The summed E-state index contributed by atoms with van der Waals surface area (Å²) in [6.45, 7) is 4.47. The van der Waals surface area contributed by atoms with Crippen LogP contribution in [-0.4, -0.2) is 22.7 Å². The Morgan fingerprint density at radius 2 is 2.05 bits per heavy atom. The van der Waals surface area contributed by atoms with E-state index in [0.29, 0.717) is 12.4 Å². The smallest absolute Gasteiger partial charge is 0.211 e. The van der Waals surface area contributed by atoms with Crippen molar-refractivity contribution in [3.05, 3.63) is 42.4 Å². The zero-order valence-corrected chi connectivity index (χ0v) is 11.3. The Labute approximate surface area is 113 Å². The number of hydrogen-bond acceptors (Lipinski definition) is 4. The molecule has 0 aliphatic carbocycles. The highest BCUT2D eigenvalue weighted by molar-refractivity contribution is 5.55. The van der Waals surface area contributed by atoms with Crippen LogP contribution in [0.1, 0.15) is 32.2 Å². The number of oxazole rings is 1. The Bertz CT molecular complexity index is 496. The van der Waals surface area contributed by atoms with Crippen LogP contribution in [0.25, 0.3) is 11.3 Å². The van der Waals surface area contributed by atoms with Gasteiger partial charge in [-0.1, -0.05) is 37.3 Å². The van der Waals surface area contributed by atoms with Gasteiger partial charge in [0.2, 0.25) is 5.89 Å². The molecule has 2 atom stereocenters. The number of nitrogens with one attached hydrogen (secondary N) is 1. The molecule has 1 aromatic carbocycles. The molecule has 0 saturated carbocycles. The fourth-order valence-electron chi connectivity index (χ4n) is 1.77. The number of hydrogen-bond donors (Lipinski definition) is 2. The molecule has 1 aromatic heterocycles. The van der Waals surface area contributed by atoms with Crippen molar-refractivity contribution in [1.82, 2.24) is 10.3 Å². The van der Waals surface area contributed by atoms with Gasteiger partial charge < -0.3 is 14.8 Å². The first-order chi connectivity index (χ1) is 9.20. The summed E-state index contributed by atoms with van der Waals surface area (Å²) in [5.74, 6) is 1.41. The quantitative estimate of drug-likeness (QED) is 0.838. The molecule has 0 amide bonds. The van der Waals surface area contributed by atoms with Gasteiger partial charge in [0.1, 0.15) is 0 Å². The maximum absolute atomic E-state index is 9.52. The van der Waals surface area contributed by atoms with Crippen LogP contribution >= 0.6 is 0 Å². The molecule has 2 rings (SSSR count). The molecule has 0 aliphatic rings. The zero-order chi connectivity index (χ0) is 13.7. The molecule has 0 fully saturated rings. The van der Waals surface area contributed by atoms with E-state index in [4.69, 9.17) is 4.42 Å². The van der Waals surface area contributed by atoms with Gasteiger partial charge in [-0.15, -0.1) is 0 Å². The summed E-state index contributed by atoms with van der Waals surface area (Å²) in [5, 5.41) is 12.7. The predicted molar refractivity (Wildman–Crippen MR) is 74.7 cm³/mol. The fraction of sp³-hybridized carbons (Fsp3) is 0.400. The minimum atomic E-state index is -0.328. The molecular formula is C15H20N2O2. The lowest BCUT2D eigenvalue weighted by Crippen LogP contribution is -2.28. The van der Waals surface area contributed by atoms with Gasteiger partial charge in [0.25, 0.3) is 0 Å². The Kier molecular flexibility index (Phi) is 4.71. The molecule has 102 valence electrons. The molecule has 4 heteroatoms. The lowest BCUT2D eigenvalue weighted by Gasteiger charge is -2.13. The van der Waals surface area contributed by atoms with Gasteiger partial charge in [-0.25, -0.2) is 4.98 Å². The van der Waals surface area contributed by atoms with E-state index >= 15 is 0 Å². The Balaban J connectivity index is 2.01. The van der Waals surface area contributed by atoms with Gasteiger partial charge in [0.15, 0.2) is 5.76 Å². The summed E-state index contributed by atoms with van der Waals surface area (Å²) in [6.07, 6.45) is 2.14. The molecule has 2 N–H and O–H groups in total. The number of aromatic nitrogens is 1. The van der Waals surface area contributed by atoms with Gasteiger partial charge in [0, 0.05) is 12.1 Å². The Hall–Kier alpha value is -1.65. The lowest BCUT2D eigenvalue weighted by atomic mass is 10.2. The van der Waals surface area contributed by atoms with Gasteiger partial charge >= 0.3 is 0 Å². The van der Waals surface area contributed by atoms with E-state index in [2.05, 4.69) is 10.3 Å². The van der Waals surface area contributed by atoms with Gasteiger partial charge in [-0.2, -0.15) is 0 Å². The second-order valence-electron chi connectivity index (χ2n) is 4.62. The SMILES string of the molecule is CC[C@@H](O)CN[C@H](C)c1ncc(-c2ccccc2)o1. The normalized spacial score (nSPS) is 14.3. The molecule has 0 spiro atoms. The fourth-order valence-corrected chi connectivity index (χ4v) is 1.77. The number of rotatable bonds is 6. The number of aliphatic hydroxyl groups is 1. The average Bonchev–Trinajstić information content (AvgIpc) is 2.95. The maximum atomic E-state index is 9.52. The number of nitrogens with zero attached hydrogens (tertiary/aromatic N) is 1. The van der Waals surface area contributed by atoms with Crippen LogP contribution in [0.4, 0.5) is 0 Å². The van der Waals surface area contributed by atoms with E-state index in [1.807, 2.05) is 44.2 Å². The van der Waals surface area contributed by atoms with Crippen LogP contribution in [0, 0.1) is 0 Å². The molecule has 0 bridgehead atoms. The van der Waals surface area contributed by atoms with Crippen LogP contribution in [0.5, 0.6) is 0 Å². The zero-order valence-electron chi connectivity index (χ0n) is 11.3. The van der Waals surface area contributed by atoms with Crippen molar-refractivity contribution in [3.63, 3.8) is 0 Å². The van der Waals surface area contributed by atoms with Crippen molar-refractivity contribution in [2.75, 3.05) is 6.54 Å². The standard InChI is InChI=1S/C15H20N2O2/c1-3-13(18)9-16-11(2)15-17-10-14(19-15)12-7-5-4-6-8-12/h4-8,10-11,13,16,18H,3,9H2,1-2H3/t11-,13-/m1/s1. The summed E-state index contributed by atoms with van der Waals surface area (Å²) in [4.78, 5) is 4.29. The second kappa shape index (κ2) is 6.50. The number of aliphatic hydroxyl groups excluding tert-OH is 1. The van der Waals surface area contributed by atoms with Crippen molar-refractivity contribution >= 4 is 0 Å². The van der Waals surface area contributed by atoms with Crippen LogP contribution in [-0.2, 0) is 0 Å². The van der Waals surface area contributed by atoms with Crippen LogP contribution in [0.3, 0.4) is 0 Å². The van der Waals surface area contributed by atoms with E-state index in [9.17, 15) is 5.11 Å². The van der Waals surface area contributed by atoms with E-state index in [-0.39, 0.29) is 12.1 Å². The van der Waals surface area contributed by atoms with Crippen molar-refractivity contribution in [2.45, 2.75) is 32.4 Å². The highest BCUT2D eigenvalue weighted by Gasteiger charge is 2.13. The van der Waals surface area contributed by atoms with E-state index in [1.165, 1.54) is 0 Å². The molecule has 0 unspecified atom stereocenters. The Morgan fingerprint density at radius 1 is 1.32 bits per heavy atom. The van der Waals surface area contributed by atoms with Crippen molar-refractivity contribution in [1.29, 1.82) is 0 Å². The monoisotopic (exact) mass is 260 g/mol. The molecule has 0 saturated heterocycles. The van der Waals surface area contributed by atoms with Gasteiger partial charge in [0.05, 0.1) is 18.3 Å². The highest BCUT2D eigenvalue weighted by atomic mass is 16.4. The highest BCUT2D eigenvalue weighted by Crippen LogP contribution is 2.22. The molecule has 0 aliphatic heterocycles. The third-order valence-electron chi connectivity index (χ3n) is 3.08. The summed E-state index contributed by atoms with van der Waals surface area (Å²) in [7, 11) is 0. The van der Waals surface area contributed by atoms with E-state index in [0.717, 1.165) is 17.7 Å². The van der Waals surface area contributed by atoms with Gasteiger partial charge in [-0.05, 0) is 13.3 Å². The maximum Gasteiger partial charge on any atom is 0.211 e. The predicted octanol–water partition coefficient (Wildman–Crippen LogP) is 2.76. The first-order valence-electron chi connectivity index (χ1n) is 6.63. The summed E-state index contributed by atoms with van der Waals surface area (Å²) in [5.41, 5.74) is 1.02. The summed E-state index contributed by atoms with van der Waals surface area (Å²) in [6, 6.07) is 9.87. The minimum absolute atomic E-state index is 0.0151. The van der Waals surface area contributed by atoms with E-state index in [1.54, 1.807) is 6.20 Å². The first kappa shape index (κ1) is 13.8. The lowest BCUT2D eigenvalue weighted by molar-refractivity contribution is 0.162. The molecular weight excluding hydrogens is 240 g/mol. The second-order valence-corrected chi connectivity index (χ2v) is 4.62. The molecule has 0 radical (unpaired) electrons. The summed E-state index contributed by atoms with van der Waals surface area (Å²) < 4.78 is 5.74. The van der Waals surface area contributed by atoms with Gasteiger partial charge in [-0.3, -0.25) is 0 Å². The Morgan fingerprint density at radius 3 is 2.74 bits per heavy atom. The molecule has 2 aromatic rings. The molecule has 4 nitrogen and oxygen atoms in total. The summed E-state index contributed by atoms with van der Waals surface area (Å²) >= 11 is 0. The topological polar surface area (TPSA) is 58.3 Å². The third kappa shape index (κ3) is 3.66. The van der Waals surface area contributed by atoms with Crippen LogP contribution in [0.15, 0.2) is 40.9 Å². The van der Waals surface area contributed by atoms with Crippen molar-refractivity contribution in [2.24, 2.45) is 0 Å². The van der Waals surface area contributed by atoms with Crippen LogP contribution < -0.4 is 5.32 Å². The van der Waals surface area contributed by atoms with Crippen LogP contribution in [0.2, 0.25) is 0 Å². The molecule has 19 heavy (non-hydrogen) atoms. The number of benzene rings is 1. The largest absolute Gasteiger partial charge is 0.439 e. The van der Waals surface area contributed by atoms with E-state index < -0.39 is 0 Å². The molecule has 1 heterocycles. The third-order valence-corrected chi connectivity index (χ3v) is 3.08.